The smallest absolute Gasteiger partial charge is 0.252 e. The maximum absolute atomic E-state index is 11.8. The van der Waals surface area contributed by atoms with Crippen LogP contribution < -0.4 is 14.8 Å². The fourth-order valence-electron chi connectivity index (χ4n) is 1.59. The molecule has 5 nitrogen and oxygen atoms in total. The molecule has 0 aliphatic heterocycles. The Balaban J connectivity index is 1.74. The number of amides is 1. The number of pyridine rings is 1. The quantitative estimate of drug-likeness (QED) is 0.816. The van der Waals surface area contributed by atoms with Crippen molar-refractivity contribution in [3.8, 4) is 11.6 Å². The Morgan fingerprint density at radius 1 is 1.20 bits per heavy atom. The number of nitrogens with one attached hydrogen (secondary N) is 1. The van der Waals surface area contributed by atoms with Crippen LogP contribution in [0.3, 0.4) is 0 Å². The molecule has 1 aromatic carbocycles. The molecule has 5 heteroatoms. The van der Waals surface area contributed by atoms with Crippen molar-refractivity contribution >= 4 is 5.91 Å². The lowest BCUT2D eigenvalue weighted by Gasteiger charge is -2.07. The topological polar surface area (TPSA) is 60.5 Å². The zero-order chi connectivity index (χ0) is 14.2. The Morgan fingerprint density at radius 3 is 2.65 bits per heavy atom. The Hall–Kier alpha value is -2.56. The number of carbonyl (C=O) groups is 1. The highest BCUT2D eigenvalue weighted by atomic mass is 16.5. The van der Waals surface area contributed by atoms with Gasteiger partial charge in [0.1, 0.15) is 12.4 Å². The predicted molar refractivity (Wildman–Crippen MR) is 75.1 cm³/mol. The van der Waals surface area contributed by atoms with E-state index < -0.39 is 0 Å². The minimum atomic E-state index is -0.184. The molecule has 0 atom stereocenters. The Kier molecular flexibility index (Phi) is 4.94. The monoisotopic (exact) mass is 272 g/mol. The van der Waals surface area contributed by atoms with E-state index in [-0.39, 0.29) is 5.91 Å². The zero-order valence-corrected chi connectivity index (χ0v) is 11.2. The van der Waals surface area contributed by atoms with Gasteiger partial charge in [-0.2, -0.15) is 0 Å². The number of rotatable bonds is 6. The van der Waals surface area contributed by atoms with Gasteiger partial charge in [0, 0.05) is 12.3 Å². The molecule has 1 N–H and O–H groups in total. The molecule has 1 amide bonds. The minimum absolute atomic E-state index is 0.184. The molecule has 0 radical (unpaired) electrons. The third kappa shape index (κ3) is 3.98. The molecule has 0 saturated carbocycles. The van der Waals surface area contributed by atoms with Crippen molar-refractivity contribution in [2.45, 2.75) is 0 Å². The summed E-state index contributed by atoms with van der Waals surface area (Å²) in [4.78, 5) is 15.8. The van der Waals surface area contributed by atoms with Crippen LogP contribution >= 0.6 is 0 Å². The minimum Gasteiger partial charge on any atom is -0.492 e. The average molecular weight is 272 g/mol. The van der Waals surface area contributed by atoms with E-state index in [4.69, 9.17) is 9.47 Å². The van der Waals surface area contributed by atoms with Crippen LogP contribution in [0.4, 0.5) is 0 Å². The number of benzene rings is 1. The fraction of sp³-hybridized carbons (Fsp3) is 0.200. The van der Waals surface area contributed by atoms with Crippen LogP contribution in [-0.4, -0.2) is 31.2 Å². The number of ether oxygens (including phenoxy) is 2. The maximum Gasteiger partial charge on any atom is 0.252 e. The molecule has 0 fully saturated rings. The Bertz CT molecular complexity index is 541. The molecule has 0 aliphatic rings. The zero-order valence-electron chi connectivity index (χ0n) is 11.2. The van der Waals surface area contributed by atoms with Crippen LogP contribution in [0.1, 0.15) is 10.4 Å². The number of methoxy groups -OCH3 is 1. The molecule has 20 heavy (non-hydrogen) atoms. The normalized spacial score (nSPS) is 9.85. The number of hydrogen-bond donors (Lipinski definition) is 1. The first-order chi connectivity index (χ1) is 9.79. The van der Waals surface area contributed by atoms with Gasteiger partial charge in [0.25, 0.3) is 5.91 Å². The van der Waals surface area contributed by atoms with Gasteiger partial charge in [-0.05, 0) is 18.2 Å². The lowest BCUT2D eigenvalue weighted by molar-refractivity contribution is 0.0946. The van der Waals surface area contributed by atoms with Crippen LogP contribution in [0, 0.1) is 0 Å². The summed E-state index contributed by atoms with van der Waals surface area (Å²) in [5, 5.41) is 2.76. The molecular weight excluding hydrogens is 256 g/mol. The number of nitrogens with zero attached hydrogens (tertiary/aromatic N) is 1. The third-order valence-corrected chi connectivity index (χ3v) is 2.61. The van der Waals surface area contributed by atoms with Crippen molar-refractivity contribution in [2.75, 3.05) is 20.3 Å². The third-order valence-electron chi connectivity index (χ3n) is 2.61. The number of para-hydroxylation sites is 1. The van der Waals surface area contributed by atoms with Crippen molar-refractivity contribution in [3.05, 3.63) is 54.2 Å². The van der Waals surface area contributed by atoms with Crippen molar-refractivity contribution < 1.29 is 14.3 Å². The summed E-state index contributed by atoms with van der Waals surface area (Å²) in [6.07, 6.45) is 1.48. The highest BCUT2D eigenvalue weighted by Gasteiger charge is 2.05. The van der Waals surface area contributed by atoms with Crippen LogP contribution in [0.5, 0.6) is 11.6 Å². The van der Waals surface area contributed by atoms with Gasteiger partial charge in [0.05, 0.1) is 19.2 Å². The summed E-state index contributed by atoms with van der Waals surface area (Å²) in [5.74, 6) is 1.08. The predicted octanol–water partition coefficient (Wildman–Crippen LogP) is 1.90. The van der Waals surface area contributed by atoms with Crippen molar-refractivity contribution in [2.24, 2.45) is 0 Å². The second-order valence-corrected chi connectivity index (χ2v) is 4.01. The van der Waals surface area contributed by atoms with Gasteiger partial charge >= 0.3 is 0 Å². The molecule has 1 aromatic heterocycles. The maximum atomic E-state index is 11.8. The number of carbonyl (C=O) groups excluding carboxylic acids is 1. The summed E-state index contributed by atoms with van der Waals surface area (Å²) in [5.41, 5.74) is 0.491. The van der Waals surface area contributed by atoms with E-state index in [1.807, 2.05) is 30.3 Å². The van der Waals surface area contributed by atoms with Gasteiger partial charge in [0.15, 0.2) is 0 Å². The molecule has 2 aromatic rings. The molecule has 0 saturated heterocycles. The summed E-state index contributed by atoms with van der Waals surface area (Å²) >= 11 is 0. The van der Waals surface area contributed by atoms with Gasteiger partial charge in [-0.15, -0.1) is 0 Å². The summed E-state index contributed by atoms with van der Waals surface area (Å²) in [7, 11) is 1.53. The van der Waals surface area contributed by atoms with E-state index in [1.54, 1.807) is 12.1 Å². The molecule has 0 unspecified atom stereocenters. The van der Waals surface area contributed by atoms with Crippen LogP contribution in [0.2, 0.25) is 0 Å². The van der Waals surface area contributed by atoms with E-state index in [2.05, 4.69) is 10.3 Å². The standard InChI is InChI=1S/C15H16N2O3/c1-19-14-8-7-12(11-17-14)15(18)16-9-10-20-13-5-3-2-4-6-13/h2-8,11H,9-10H2,1H3,(H,16,18). The lowest BCUT2D eigenvalue weighted by Crippen LogP contribution is -2.28. The van der Waals surface area contributed by atoms with Crippen LogP contribution in [0.15, 0.2) is 48.7 Å². The first-order valence-corrected chi connectivity index (χ1v) is 6.25. The van der Waals surface area contributed by atoms with E-state index in [9.17, 15) is 4.79 Å². The largest absolute Gasteiger partial charge is 0.492 e. The highest BCUT2D eigenvalue weighted by molar-refractivity contribution is 5.93. The fourth-order valence-corrected chi connectivity index (χ4v) is 1.59. The van der Waals surface area contributed by atoms with Crippen molar-refractivity contribution in [1.82, 2.24) is 10.3 Å². The van der Waals surface area contributed by atoms with Gasteiger partial charge < -0.3 is 14.8 Å². The van der Waals surface area contributed by atoms with E-state index >= 15 is 0 Å². The van der Waals surface area contributed by atoms with Gasteiger partial charge in [-0.3, -0.25) is 4.79 Å². The van der Waals surface area contributed by atoms with Crippen LogP contribution in [-0.2, 0) is 0 Å². The van der Waals surface area contributed by atoms with Crippen molar-refractivity contribution in [1.29, 1.82) is 0 Å². The van der Waals surface area contributed by atoms with Crippen molar-refractivity contribution in [3.63, 3.8) is 0 Å². The summed E-state index contributed by atoms with van der Waals surface area (Å²) < 4.78 is 10.4. The molecule has 2 rings (SSSR count). The Morgan fingerprint density at radius 2 is 2.00 bits per heavy atom. The van der Waals surface area contributed by atoms with E-state index in [0.29, 0.717) is 24.6 Å². The SMILES string of the molecule is COc1ccc(C(=O)NCCOc2ccccc2)cn1. The molecular formula is C15H16N2O3. The summed E-state index contributed by atoms with van der Waals surface area (Å²) in [6.45, 7) is 0.846. The van der Waals surface area contributed by atoms with Gasteiger partial charge in [0.2, 0.25) is 5.88 Å². The number of aromatic nitrogens is 1. The first kappa shape index (κ1) is 13.9. The second kappa shape index (κ2) is 7.13. The van der Waals surface area contributed by atoms with E-state index in [0.717, 1.165) is 5.75 Å². The van der Waals surface area contributed by atoms with E-state index in [1.165, 1.54) is 13.3 Å². The number of hydrogen-bond acceptors (Lipinski definition) is 4. The average Bonchev–Trinajstić information content (AvgIpc) is 2.52. The van der Waals surface area contributed by atoms with Crippen LogP contribution in [0.25, 0.3) is 0 Å². The molecule has 104 valence electrons. The first-order valence-electron chi connectivity index (χ1n) is 6.25. The Labute approximate surface area is 117 Å². The summed E-state index contributed by atoms with van der Waals surface area (Å²) in [6, 6.07) is 12.8. The van der Waals surface area contributed by atoms with Gasteiger partial charge in [-0.25, -0.2) is 4.98 Å². The molecule has 1 heterocycles. The molecule has 0 spiro atoms. The molecule has 0 aliphatic carbocycles. The highest BCUT2D eigenvalue weighted by Crippen LogP contribution is 2.08. The lowest BCUT2D eigenvalue weighted by atomic mass is 10.2. The molecule has 0 bridgehead atoms. The van der Waals surface area contributed by atoms with Gasteiger partial charge in [-0.1, -0.05) is 18.2 Å². The second-order valence-electron chi connectivity index (χ2n) is 4.01.